The van der Waals surface area contributed by atoms with E-state index in [1.165, 1.54) is 6.26 Å². The van der Waals surface area contributed by atoms with E-state index in [-0.39, 0.29) is 0 Å². The summed E-state index contributed by atoms with van der Waals surface area (Å²) in [5, 5.41) is 6.86. The number of oxazole rings is 1. The van der Waals surface area contributed by atoms with Crippen molar-refractivity contribution < 1.29 is 13.9 Å². The molecule has 4 N–H and O–H groups in total. The Hall–Kier alpha value is -4.70. The van der Waals surface area contributed by atoms with Crippen LogP contribution in [0.1, 0.15) is 18.1 Å². The lowest BCUT2D eigenvalue weighted by molar-refractivity contribution is 0.146. The first-order valence-electron chi connectivity index (χ1n) is 12.3. The van der Waals surface area contributed by atoms with Crippen LogP contribution in [0.2, 0.25) is 0 Å². The lowest BCUT2D eigenvalue weighted by Gasteiger charge is -2.11. The number of benzene rings is 2. The molecule has 0 bridgehead atoms. The van der Waals surface area contributed by atoms with Crippen LogP contribution < -0.4 is 16.4 Å². The fraction of sp³-hybridized carbons (Fsp3) is 0.214. The molecule has 0 radical (unpaired) electrons. The van der Waals surface area contributed by atoms with E-state index in [2.05, 4.69) is 27.2 Å². The zero-order valence-corrected chi connectivity index (χ0v) is 21.1. The van der Waals surface area contributed by atoms with Gasteiger partial charge in [-0.1, -0.05) is 54.6 Å². The number of imidazole rings is 1. The molecule has 3 aromatic heterocycles. The molecule has 2 aromatic carbocycles. The van der Waals surface area contributed by atoms with Crippen LogP contribution in [0.15, 0.2) is 77.6 Å². The van der Waals surface area contributed by atoms with Gasteiger partial charge in [0.25, 0.3) is 5.89 Å². The van der Waals surface area contributed by atoms with Gasteiger partial charge in [0.1, 0.15) is 18.4 Å². The summed E-state index contributed by atoms with van der Waals surface area (Å²) in [4.78, 5) is 25.6. The van der Waals surface area contributed by atoms with E-state index in [9.17, 15) is 4.79 Å². The van der Waals surface area contributed by atoms with Gasteiger partial charge in [0, 0.05) is 31.6 Å². The average Bonchev–Trinajstić information content (AvgIpc) is 3.57. The molecular formula is C28H29N7O3. The van der Waals surface area contributed by atoms with Gasteiger partial charge in [0.2, 0.25) is 0 Å². The van der Waals surface area contributed by atoms with Gasteiger partial charge in [0.05, 0.1) is 17.2 Å². The summed E-state index contributed by atoms with van der Waals surface area (Å²) in [7, 11) is 0. The predicted molar refractivity (Wildman–Crippen MR) is 146 cm³/mol. The highest BCUT2D eigenvalue weighted by Crippen LogP contribution is 2.32. The van der Waals surface area contributed by atoms with Gasteiger partial charge >= 0.3 is 6.09 Å². The smallest absolute Gasteiger partial charge is 0.407 e. The molecule has 10 heteroatoms. The third kappa shape index (κ3) is 5.50. The highest BCUT2D eigenvalue weighted by molar-refractivity contribution is 6.07. The van der Waals surface area contributed by atoms with E-state index in [0.29, 0.717) is 55.8 Å². The minimum absolute atomic E-state index is 0.290. The number of hydrogen-bond acceptors (Lipinski definition) is 8. The van der Waals surface area contributed by atoms with E-state index in [1.807, 2.05) is 60.0 Å². The second-order valence-electron chi connectivity index (χ2n) is 9.01. The van der Waals surface area contributed by atoms with Crippen molar-refractivity contribution in [2.24, 2.45) is 0 Å². The fourth-order valence-corrected chi connectivity index (χ4v) is 4.20. The van der Waals surface area contributed by atoms with Gasteiger partial charge in [-0.25, -0.2) is 19.7 Å². The maximum atomic E-state index is 12.0. The first kappa shape index (κ1) is 25.0. The van der Waals surface area contributed by atoms with E-state index in [0.717, 1.165) is 33.1 Å². The number of rotatable bonds is 10. The molecule has 0 fully saturated rings. The van der Waals surface area contributed by atoms with Crippen molar-refractivity contribution in [3.63, 3.8) is 0 Å². The molecule has 0 saturated carbocycles. The highest BCUT2D eigenvalue weighted by Gasteiger charge is 2.21. The molecule has 1 amide bonds. The molecule has 0 aliphatic heterocycles. The molecule has 194 valence electrons. The Morgan fingerprint density at radius 2 is 1.92 bits per heavy atom. The number of amides is 1. The Kier molecular flexibility index (Phi) is 7.32. The number of nitrogens with two attached hydrogens (primary N) is 1. The van der Waals surface area contributed by atoms with Crippen molar-refractivity contribution in [1.82, 2.24) is 30.2 Å². The maximum Gasteiger partial charge on any atom is 0.407 e. The van der Waals surface area contributed by atoms with Crippen LogP contribution >= 0.6 is 0 Å². The number of hydrogen-bond donors (Lipinski definition) is 3. The second kappa shape index (κ2) is 11.1. The molecular weight excluding hydrogens is 482 g/mol. The molecule has 0 atom stereocenters. The van der Waals surface area contributed by atoms with Crippen LogP contribution in [0.25, 0.3) is 33.7 Å². The lowest BCUT2D eigenvalue weighted by Crippen LogP contribution is -2.28. The van der Waals surface area contributed by atoms with Crippen LogP contribution in [-0.2, 0) is 17.8 Å². The molecule has 0 spiro atoms. The highest BCUT2D eigenvalue weighted by atomic mass is 16.5. The Balaban J connectivity index is 1.32. The molecule has 0 saturated heterocycles. The summed E-state index contributed by atoms with van der Waals surface area (Å²) in [5.74, 6) is 1.32. The van der Waals surface area contributed by atoms with Gasteiger partial charge in [-0.3, -0.25) is 0 Å². The number of para-hydroxylation sites is 1. The number of alkyl carbamates (subject to hydrolysis) is 1. The van der Waals surface area contributed by atoms with Crippen molar-refractivity contribution >= 4 is 33.8 Å². The topological polar surface area (TPSA) is 133 Å². The summed E-state index contributed by atoms with van der Waals surface area (Å²) in [6.07, 6.45) is 2.65. The van der Waals surface area contributed by atoms with Crippen LogP contribution in [0.5, 0.6) is 0 Å². The SMILES string of the molecule is C=C(C)CNCCOC(=O)NCc1ccc(Cn2c(-c3ncco3)nc3c(N)nc4ccccc4c32)cc1. The van der Waals surface area contributed by atoms with Gasteiger partial charge in [-0.2, -0.15) is 0 Å². The summed E-state index contributed by atoms with van der Waals surface area (Å²) >= 11 is 0. The van der Waals surface area contributed by atoms with Crippen molar-refractivity contribution in [2.75, 3.05) is 25.4 Å². The number of carbonyl (C=O) groups excluding carboxylic acids is 1. The standard InChI is InChI=1S/C28H29N7O3/c1-18(2)15-30-11-13-38-28(36)32-16-19-7-9-20(10-8-19)17-35-24-21-5-3-4-6-22(21)33-25(29)23(24)34-26(35)27-31-12-14-37-27/h3-10,12,14,30H,1,11,13,15-17H2,2H3,(H2,29,33)(H,32,36). The van der Waals surface area contributed by atoms with Crippen molar-refractivity contribution in [3.05, 3.63) is 84.3 Å². The lowest BCUT2D eigenvalue weighted by atomic mass is 10.1. The van der Waals surface area contributed by atoms with E-state index >= 15 is 0 Å². The first-order valence-corrected chi connectivity index (χ1v) is 12.3. The van der Waals surface area contributed by atoms with Crippen LogP contribution in [0, 0.1) is 0 Å². The first-order chi connectivity index (χ1) is 18.5. The number of pyridine rings is 1. The second-order valence-corrected chi connectivity index (χ2v) is 9.01. The Labute approximate surface area is 219 Å². The van der Waals surface area contributed by atoms with Crippen molar-refractivity contribution in [1.29, 1.82) is 0 Å². The molecule has 10 nitrogen and oxygen atoms in total. The number of nitrogen functional groups attached to an aromatic ring is 1. The molecule has 0 aliphatic rings. The van der Waals surface area contributed by atoms with E-state index < -0.39 is 6.09 Å². The third-order valence-electron chi connectivity index (χ3n) is 5.97. The fourth-order valence-electron chi connectivity index (χ4n) is 4.20. The zero-order valence-electron chi connectivity index (χ0n) is 21.1. The molecule has 0 unspecified atom stereocenters. The number of nitrogens with one attached hydrogen (secondary N) is 2. The van der Waals surface area contributed by atoms with E-state index in [4.69, 9.17) is 19.9 Å². The van der Waals surface area contributed by atoms with Crippen LogP contribution in [0.4, 0.5) is 10.6 Å². The van der Waals surface area contributed by atoms with Gasteiger partial charge < -0.3 is 30.1 Å². The minimum Gasteiger partial charge on any atom is -0.448 e. The summed E-state index contributed by atoms with van der Waals surface area (Å²) in [6.45, 7) is 8.19. The molecule has 5 rings (SSSR count). The van der Waals surface area contributed by atoms with Crippen molar-refractivity contribution in [2.45, 2.75) is 20.0 Å². The van der Waals surface area contributed by atoms with Gasteiger partial charge in [-0.15, -0.1) is 0 Å². The van der Waals surface area contributed by atoms with Crippen molar-refractivity contribution in [3.8, 4) is 11.7 Å². The summed E-state index contributed by atoms with van der Waals surface area (Å²) < 4.78 is 12.8. The molecule has 5 aromatic rings. The number of aromatic nitrogens is 4. The van der Waals surface area contributed by atoms with Gasteiger partial charge in [0.15, 0.2) is 11.6 Å². The maximum absolute atomic E-state index is 12.0. The number of ether oxygens (including phenoxy) is 1. The normalized spacial score (nSPS) is 11.2. The Morgan fingerprint density at radius 3 is 2.68 bits per heavy atom. The third-order valence-corrected chi connectivity index (χ3v) is 5.97. The number of anilines is 1. The summed E-state index contributed by atoms with van der Waals surface area (Å²) in [5.41, 5.74) is 11.6. The zero-order chi connectivity index (χ0) is 26.5. The quantitative estimate of drug-likeness (QED) is 0.187. The Bertz CT molecular complexity index is 1570. The number of fused-ring (bicyclic) bond motifs is 3. The Morgan fingerprint density at radius 1 is 1.13 bits per heavy atom. The number of nitrogens with zero attached hydrogens (tertiary/aromatic N) is 4. The van der Waals surface area contributed by atoms with Gasteiger partial charge in [-0.05, 0) is 24.1 Å². The molecule has 3 heterocycles. The summed E-state index contributed by atoms with van der Waals surface area (Å²) in [6, 6.07) is 15.8. The van der Waals surface area contributed by atoms with E-state index in [1.54, 1.807) is 6.20 Å². The largest absolute Gasteiger partial charge is 0.448 e. The minimum atomic E-state index is -0.454. The number of carbonyl (C=O) groups is 1. The van der Waals surface area contributed by atoms with Crippen LogP contribution in [0.3, 0.4) is 0 Å². The molecule has 0 aliphatic carbocycles. The predicted octanol–water partition coefficient (Wildman–Crippen LogP) is 4.26. The van der Waals surface area contributed by atoms with Crippen LogP contribution in [-0.4, -0.2) is 45.3 Å². The molecule has 38 heavy (non-hydrogen) atoms. The average molecular weight is 512 g/mol. The monoisotopic (exact) mass is 511 g/mol.